The topological polar surface area (TPSA) is 58.6 Å². The van der Waals surface area contributed by atoms with Crippen molar-refractivity contribution in [3.63, 3.8) is 0 Å². The van der Waals surface area contributed by atoms with Gasteiger partial charge in [-0.3, -0.25) is 4.79 Å². The van der Waals surface area contributed by atoms with E-state index in [9.17, 15) is 9.59 Å². The van der Waals surface area contributed by atoms with Gasteiger partial charge in [0.05, 0.1) is 6.61 Å². The number of alkyl carbamates (subject to hydrolysis) is 1. The summed E-state index contributed by atoms with van der Waals surface area (Å²) in [5, 5.41) is 2.82. The van der Waals surface area contributed by atoms with E-state index in [0.29, 0.717) is 25.3 Å². The zero-order valence-electron chi connectivity index (χ0n) is 12.0. The van der Waals surface area contributed by atoms with Crippen molar-refractivity contribution in [1.82, 2.24) is 10.2 Å². The summed E-state index contributed by atoms with van der Waals surface area (Å²) in [6.45, 7) is 3.43. The number of likely N-dealkylation sites (tertiary alicyclic amines) is 1. The molecule has 0 bridgehead atoms. The van der Waals surface area contributed by atoms with Crippen molar-refractivity contribution in [3.05, 3.63) is 34.3 Å². The third-order valence-electron chi connectivity index (χ3n) is 3.45. The molecule has 5 nitrogen and oxygen atoms in total. The standard InChI is InChI=1S/C15H19BrN2O3/c1-2-21-15(20)17-13-6-8-18(9-7-13)14(19)11-4-3-5-12(16)10-11/h3-5,10,13H,2,6-9H2,1H3,(H,17,20). The predicted octanol–water partition coefficient (Wildman–Crippen LogP) is 2.80. The van der Waals surface area contributed by atoms with Crippen LogP contribution in [0.1, 0.15) is 30.1 Å². The highest BCUT2D eigenvalue weighted by Gasteiger charge is 2.24. The number of benzene rings is 1. The first-order chi connectivity index (χ1) is 10.1. The average molecular weight is 355 g/mol. The van der Waals surface area contributed by atoms with Gasteiger partial charge in [0.2, 0.25) is 0 Å². The lowest BCUT2D eigenvalue weighted by molar-refractivity contribution is 0.0702. The molecular formula is C15H19BrN2O3. The number of amides is 2. The molecule has 0 radical (unpaired) electrons. The van der Waals surface area contributed by atoms with Gasteiger partial charge in [0, 0.05) is 29.2 Å². The van der Waals surface area contributed by atoms with Gasteiger partial charge in [0.15, 0.2) is 0 Å². The number of halogens is 1. The molecule has 114 valence electrons. The van der Waals surface area contributed by atoms with Gasteiger partial charge in [0.25, 0.3) is 5.91 Å². The molecule has 1 aliphatic heterocycles. The highest BCUT2D eigenvalue weighted by Crippen LogP contribution is 2.17. The molecule has 0 unspecified atom stereocenters. The van der Waals surface area contributed by atoms with Crippen LogP contribution in [0.25, 0.3) is 0 Å². The minimum atomic E-state index is -0.380. The summed E-state index contributed by atoms with van der Waals surface area (Å²) in [4.78, 5) is 25.6. The van der Waals surface area contributed by atoms with E-state index in [1.807, 2.05) is 29.2 Å². The number of nitrogens with one attached hydrogen (secondary N) is 1. The molecule has 2 amide bonds. The van der Waals surface area contributed by atoms with Gasteiger partial charge in [-0.1, -0.05) is 22.0 Å². The molecule has 1 aromatic carbocycles. The van der Waals surface area contributed by atoms with Gasteiger partial charge >= 0.3 is 6.09 Å². The van der Waals surface area contributed by atoms with Crippen LogP contribution in [0.4, 0.5) is 4.79 Å². The number of rotatable bonds is 3. The second kappa shape index (κ2) is 7.45. The Morgan fingerprint density at radius 2 is 2.10 bits per heavy atom. The van der Waals surface area contributed by atoms with Crippen molar-refractivity contribution in [1.29, 1.82) is 0 Å². The summed E-state index contributed by atoms with van der Waals surface area (Å²) in [7, 11) is 0. The second-order valence-corrected chi connectivity index (χ2v) is 5.86. The average Bonchev–Trinajstić information content (AvgIpc) is 2.47. The van der Waals surface area contributed by atoms with Gasteiger partial charge in [0.1, 0.15) is 0 Å². The Morgan fingerprint density at radius 1 is 1.38 bits per heavy atom. The molecule has 0 aliphatic carbocycles. The molecule has 2 rings (SSSR count). The highest BCUT2D eigenvalue weighted by molar-refractivity contribution is 9.10. The molecule has 1 aliphatic rings. The molecule has 1 aromatic rings. The Labute approximate surface area is 132 Å². The maximum absolute atomic E-state index is 12.4. The fourth-order valence-electron chi connectivity index (χ4n) is 2.37. The van der Waals surface area contributed by atoms with Gasteiger partial charge in [-0.2, -0.15) is 0 Å². The fourth-order valence-corrected chi connectivity index (χ4v) is 2.77. The molecule has 0 spiro atoms. The van der Waals surface area contributed by atoms with Crippen LogP contribution in [0, 0.1) is 0 Å². The van der Waals surface area contributed by atoms with Crippen LogP contribution in [0.15, 0.2) is 28.7 Å². The molecule has 1 saturated heterocycles. The smallest absolute Gasteiger partial charge is 0.407 e. The first-order valence-electron chi connectivity index (χ1n) is 7.08. The predicted molar refractivity (Wildman–Crippen MR) is 83.2 cm³/mol. The summed E-state index contributed by atoms with van der Waals surface area (Å²) in [6.07, 6.45) is 1.12. The minimum Gasteiger partial charge on any atom is -0.450 e. The molecule has 1 heterocycles. The van der Waals surface area contributed by atoms with Gasteiger partial charge in [-0.25, -0.2) is 4.79 Å². The van der Waals surface area contributed by atoms with Crippen molar-refractivity contribution in [3.8, 4) is 0 Å². The number of ether oxygens (including phenoxy) is 1. The van der Waals surface area contributed by atoms with Crippen LogP contribution < -0.4 is 5.32 Å². The minimum absolute atomic E-state index is 0.0332. The molecule has 0 atom stereocenters. The van der Waals surface area contributed by atoms with Crippen molar-refractivity contribution in [2.75, 3.05) is 19.7 Å². The van der Waals surface area contributed by atoms with E-state index in [1.165, 1.54) is 0 Å². The number of carbonyl (C=O) groups excluding carboxylic acids is 2. The molecule has 0 aromatic heterocycles. The van der Waals surface area contributed by atoms with Gasteiger partial charge < -0.3 is 15.0 Å². The van der Waals surface area contributed by atoms with E-state index in [-0.39, 0.29) is 18.0 Å². The molecule has 1 N–H and O–H groups in total. The van der Waals surface area contributed by atoms with E-state index in [0.717, 1.165) is 17.3 Å². The monoisotopic (exact) mass is 354 g/mol. The lowest BCUT2D eigenvalue weighted by Crippen LogP contribution is -2.46. The summed E-state index contributed by atoms with van der Waals surface area (Å²) < 4.78 is 5.76. The van der Waals surface area contributed by atoms with Gasteiger partial charge in [-0.15, -0.1) is 0 Å². The first-order valence-corrected chi connectivity index (χ1v) is 7.87. The molecule has 0 saturated carbocycles. The van der Waals surface area contributed by atoms with Crippen molar-refractivity contribution >= 4 is 27.9 Å². The van der Waals surface area contributed by atoms with E-state index in [4.69, 9.17) is 4.74 Å². The van der Waals surface area contributed by atoms with Crippen LogP contribution in [-0.2, 0) is 4.74 Å². The van der Waals surface area contributed by atoms with Crippen LogP contribution >= 0.6 is 15.9 Å². The molecule has 1 fully saturated rings. The van der Waals surface area contributed by atoms with Crippen molar-refractivity contribution < 1.29 is 14.3 Å². The maximum atomic E-state index is 12.4. The summed E-state index contributed by atoms with van der Waals surface area (Å²) in [5.41, 5.74) is 0.682. The van der Waals surface area contributed by atoms with Crippen LogP contribution in [-0.4, -0.2) is 42.6 Å². The Hall–Kier alpha value is -1.56. The van der Waals surface area contributed by atoms with Crippen LogP contribution in [0.2, 0.25) is 0 Å². The Balaban J connectivity index is 1.86. The van der Waals surface area contributed by atoms with Crippen LogP contribution in [0.3, 0.4) is 0 Å². The van der Waals surface area contributed by atoms with Gasteiger partial charge in [-0.05, 0) is 38.0 Å². The maximum Gasteiger partial charge on any atom is 0.407 e. The number of nitrogens with zero attached hydrogens (tertiary/aromatic N) is 1. The summed E-state index contributed by atoms with van der Waals surface area (Å²) in [6, 6.07) is 7.47. The zero-order chi connectivity index (χ0) is 15.2. The molecule has 21 heavy (non-hydrogen) atoms. The SMILES string of the molecule is CCOC(=O)NC1CCN(C(=O)c2cccc(Br)c2)CC1. The van der Waals surface area contributed by atoms with Crippen molar-refractivity contribution in [2.24, 2.45) is 0 Å². The Morgan fingerprint density at radius 3 is 2.71 bits per heavy atom. The second-order valence-electron chi connectivity index (χ2n) is 4.94. The molecule has 6 heteroatoms. The third kappa shape index (κ3) is 4.46. The van der Waals surface area contributed by atoms with Crippen LogP contribution in [0.5, 0.6) is 0 Å². The largest absolute Gasteiger partial charge is 0.450 e. The normalized spacial score (nSPS) is 15.6. The number of carbonyl (C=O) groups is 2. The summed E-state index contributed by atoms with van der Waals surface area (Å²) in [5.74, 6) is 0.0332. The lowest BCUT2D eigenvalue weighted by atomic mass is 10.0. The summed E-state index contributed by atoms with van der Waals surface area (Å²) >= 11 is 3.37. The number of piperidine rings is 1. The lowest BCUT2D eigenvalue weighted by Gasteiger charge is -2.32. The number of hydrogen-bond acceptors (Lipinski definition) is 3. The Bertz CT molecular complexity index is 513. The number of hydrogen-bond donors (Lipinski definition) is 1. The van der Waals surface area contributed by atoms with Crippen molar-refractivity contribution in [2.45, 2.75) is 25.8 Å². The first kappa shape index (κ1) is 15.8. The quantitative estimate of drug-likeness (QED) is 0.907. The Kier molecular flexibility index (Phi) is 5.61. The fraction of sp³-hybridized carbons (Fsp3) is 0.467. The van der Waals surface area contributed by atoms with E-state index >= 15 is 0 Å². The zero-order valence-corrected chi connectivity index (χ0v) is 13.6. The molecular weight excluding hydrogens is 336 g/mol. The highest BCUT2D eigenvalue weighted by atomic mass is 79.9. The van der Waals surface area contributed by atoms with E-state index in [2.05, 4.69) is 21.2 Å². The third-order valence-corrected chi connectivity index (χ3v) is 3.94. The van der Waals surface area contributed by atoms with E-state index < -0.39 is 0 Å². The van der Waals surface area contributed by atoms with E-state index in [1.54, 1.807) is 6.92 Å².